The van der Waals surface area contributed by atoms with Gasteiger partial charge in [0.25, 0.3) is 0 Å². The Balaban J connectivity index is 1.52. The summed E-state index contributed by atoms with van der Waals surface area (Å²) in [6, 6.07) is 15.2. The minimum absolute atomic E-state index is 0.279. The highest BCUT2D eigenvalue weighted by Gasteiger charge is 2.21. The Bertz CT molecular complexity index is 1560. The van der Waals surface area contributed by atoms with E-state index in [0.29, 0.717) is 29.0 Å². The minimum atomic E-state index is -3.68. The molecule has 0 saturated carbocycles. The SMILES string of the molecule is CNS(=O)(=O)N(C)c1cccc2c(Oc3ncccc3-c3ccnc(N[C@H]4CCCNC4)n3)c(C)ccc12. The van der Waals surface area contributed by atoms with Crippen LogP contribution in [0.15, 0.2) is 60.9 Å². The number of nitrogens with one attached hydrogen (secondary N) is 3. The molecule has 0 unspecified atom stereocenters. The van der Waals surface area contributed by atoms with Crippen LogP contribution in [0.4, 0.5) is 11.6 Å². The van der Waals surface area contributed by atoms with Gasteiger partial charge in [-0.15, -0.1) is 0 Å². The summed E-state index contributed by atoms with van der Waals surface area (Å²) in [6.45, 7) is 3.86. The van der Waals surface area contributed by atoms with E-state index < -0.39 is 10.2 Å². The van der Waals surface area contributed by atoms with Crippen LogP contribution < -0.4 is 24.4 Å². The molecule has 0 aliphatic carbocycles. The van der Waals surface area contributed by atoms with Crippen molar-refractivity contribution in [2.75, 3.05) is 36.8 Å². The third-order valence-corrected chi connectivity index (χ3v) is 8.11. The Morgan fingerprint density at radius 2 is 1.92 bits per heavy atom. The summed E-state index contributed by atoms with van der Waals surface area (Å²) in [5.41, 5.74) is 2.84. The third kappa shape index (κ3) is 5.26. The molecule has 2 aromatic heterocycles. The van der Waals surface area contributed by atoms with Crippen LogP contribution in [0.2, 0.25) is 0 Å². The van der Waals surface area contributed by atoms with Crippen LogP contribution >= 0.6 is 0 Å². The molecule has 1 saturated heterocycles. The lowest BCUT2D eigenvalue weighted by Gasteiger charge is -2.23. The smallest absolute Gasteiger partial charge is 0.301 e. The van der Waals surface area contributed by atoms with Crippen molar-refractivity contribution in [3.8, 4) is 22.9 Å². The van der Waals surface area contributed by atoms with Crippen molar-refractivity contribution < 1.29 is 13.2 Å². The number of hydrogen-bond donors (Lipinski definition) is 3. The fraction of sp³-hybridized carbons (Fsp3) is 0.296. The summed E-state index contributed by atoms with van der Waals surface area (Å²) >= 11 is 0. The number of benzene rings is 2. The molecular formula is C27H31N7O3S. The normalized spacial score (nSPS) is 15.8. The molecule has 1 aliphatic heterocycles. The number of nitrogens with zero attached hydrogens (tertiary/aromatic N) is 4. The molecule has 2 aromatic carbocycles. The predicted octanol–water partition coefficient (Wildman–Crippen LogP) is 3.86. The number of hydrogen-bond acceptors (Lipinski definition) is 8. The number of fused-ring (bicyclic) bond motifs is 1. The van der Waals surface area contributed by atoms with Gasteiger partial charge in [-0.2, -0.15) is 8.42 Å². The highest BCUT2D eigenvalue weighted by molar-refractivity contribution is 7.90. The van der Waals surface area contributed by atoms with Crippen molar-refractivity contribution in [1.29, 1.82) is 0 Å². The largest absolute Gasteiger partial charge is 0.437 e. The van der Waals surface area contributed by atoms with Gasteiger partial charge in [0, 0.05) is 49.8 Å². The Kier molecular flexibility index (Phi) is 7.41. The van der Waals surface area contributed by atoms with Crippen LogP contribution in [0, 0.1) is 6.92 Å². The summed E-state index contributed by atoms with van der Waals surface area (Å²) in [7, 11) is -0.773. The summed E-state index contributed by atoms with van der Waals surface area (Å²) in [4.78, 5) is 13.7. The molecule has 0 spiro atoms. The van der Waals surface area contributed by atoms with Crippen molar-refractivity contribution >= 4 is 32.6 Å². The number of rotatable bonds is 8. The highest BCUT2D eigenvalue weighted by atomic mass is 32.2. The second kappa shape index (κ2) is 10.9. The molecule has 0 radical (unpaired) electrons. The zero-order chi connectivity index (χ0) is 26.7. The quantitative estimate of drug-likeness (QED) is 0.312. The number of aryl methyl sites for hydroxylation is 1. The van der Waals surface area contributed by atoms with Gasteiger partial charge in [-0.1, -0.05) is 24.3 Å². The van der Waals surface area contributed by atoms with Gasteiger partial charge < -0.3 is 15.4 Å². The molecule has 10 nitrogen and oxygen atoms in total. The minimum Gasteiger partial charge on any atom is -0.437 e. The molecule has 3 heterocycles. The van der Waals surface area contributed by atoms with Crippen LogP contribution in [0.1, 0.15) is 18.4 Å². The fourth-order valence-corrected chi connectivity index (χ4v) is 5.29. The van der Waals surface area contributed by atoms with Gasteiger partial charge in [0.2, 0.25) is 11.8 Å². The Morgan fingerprint density at radius 1 is 1.05 bits per heavy atom. The first-order valence-electron chi connectivity index (χ1n) is 12.5. The van der Waals surface area contributed by atoms with Gasteiger partial charge in [0.15, 0.2) is 0 Å². The molecule has 11 heteroatoms. The maximum Gasteiger partial charge on any atom is 0.301 e. The topological polar surface area (TPSA) is 121 Å². The molecule has 198 valence electrons. The van der Waals surface area contributed by atoms with Crippen molar-refractivity contribution in [2.24, 2.45) is 0 Å². The Labute approximate surface area is 222 Å². The van der Waals surface area contributed by atoms with E-state index in [-0.39, 0.29) is 6.04 Å². The van der Waals surface area contributed by atoms with Gasteiger partial charge in [0.05, 0.1) is 16.9 Å². The number of anilines is 2. The van der Waals surface area contributed by atoms with Crippen LogP contribution in [0.25, 0.3) is 22.0 Å². The summed E-state index contributed by atoms with van der Waals surface area (Å²) in [6.07, 6.45) is 5.58. The van der Waals surface area contributed by atoms with E-state index in [9.17, 15) is 8.42 Å². The second-order valence-corrected chi connectivity index (χ2v) is 11.1. The fourth-order valence-electron chi connectivity index (χ4n) is 4.60. The number of pyridine rings is 1. The zero-order valence-corrected chi connectivity index (χ0v) is 22.4. The monoisotopic (exact) mass is 533 g/mol. The number of piperidine rings is 1. The first-order chi connectivity index (χ1) is 18.4. The lowest BCUT2D eigenvalue weighted by atomic mass is 10.0. The molecule has 1 atom stereocenters. The molecule has 1 aliphatic rings. The average Bonchev–Trinajstić information content (AvgIpc) is 2.94. The molecule has 38 heavy (non-hydrogen) atoms. The van der Waals surface area contributed by atoms with Gasteiger partial charge in [-0.25, -0.2) is 19.7 Å². The molecule has 3 N–H and O–H groups in total. The highest BCUT2D eigenvalue weighted by Crippen LogP contribution is 2.39. The molecule has 0 bridgehead atoms. The third-order valence-electron chi connectivity index (χ3n) is 6.68. The molecule has 4 aromatic rings. The number of aromatic nitrogens is 3. The lowest BCUT2D eigenvalue weighted by Crippen LogP contribution is -2.38. The van der Waals surface area contributed by atoms with Gasteiger partial charge in [0.1, 0.15) is 5.75 Å². The van der Waals surface area contributed by atoms with E-state index >= 15 is 0 Å². The first-order valence-corrected chi connectivity index (χ1v) is 13.9. The van der Waals surface area contributed by atoms with Gasteiger partial charge in [-0.3, -0.25) is 4.31 Å². The standard InChI is InChI=1S/C27H31N7O3S/c1-18-11-12-20-21(8-4-10-24(20)34(3)38(35,36)28-2)25(18)37-26-22(9-6-15-30-26)23-13-16-31-27(33-23)32-19-7-5-14-29-17-19/h4,6,8-13,15-16,19,28-29H,5,7,14,17H2,1-3H3,(H,31,32,33)/t19-/m0/s1. The van der Waals surface area contributed by atoms with E-state index in [2.05, 4.69) is 25.3 Å². The second-order valence-electron chi connectivity index (χ2n) is 9.17. The summed E-state index contributed by atoms with van der Waals surface area (Å²) < 4.78 is 35.0. The van der Waals surface area contributed by atoms with Crippen molar-refractivity contribution in [3.63, 3.8) is 0 Å². The summed E-state index contributed by atoms with van der Waals surface area (Å²) in [5, 5.41) is 8.32. The van der Waals surface area contributed by atoms with Crippen LogP contribution in [-0.4, -0.2) is 56.6 Å². The van der Waals surface area contributed by atoms with Crippen LogP contribution in [0.3, 0.4) is 0 Å². The molecule has 1 fully saturated rings. The molecule has 0 amide bonds. The average molecular weight is 534 g/mol. The predicted molar refractivity (Wildman–Crippen MR) is 150 cm³/mol. The zero-order valence-electron chi connectivity index (χ0n) is 21.6. The Morgan fingerprint density at radius 3 is 2.71 bits per heavy atom. The van der Waals surface area contributed by atoms with E-state index in [0.717, 1.165) is 47.8 Å². The van der Waals surface area contributed by atoms with Gasteiger partial charge >= 0.3 is 10.2 Å². The van der Waals surface area contributed by atoms with E-state index in [1.165, 1.54) is 18.4 Å². The Hall–Kier alpha value is -3.80. The van der Waals surface area contributed by atoms with Crippen molar-refractivity contribution in [2.45, 2.75) is 25.8 Å². The maximum atomic E-state index is 12.5. The van der Waals surface area contributed by atoms with E-state index in [1.807, 2.05) is 49.4 Å². The van der Waals surface area contributed by atoms with E-state index in [4.69, 9.17) is 9.72 Å². The molecular weight excluding hydrogens is 502 g/mol. The maximum absolute atomic E-state index is 12.5. The summed E-state index contributed by atoms with van der Waals surface area (Å²) in [5.74, 6) is 1.56. The van der Waals surface area contributed by atoms with Gasteiger partial charge in [-0.05, 0) is 56.1 Å². The van der Waals surface area contributed by atoms with Crippen LogP contribution in [0.5, 0.6) is 11.6 Å². The van der Waals surface area contributed by atoms with E-state index in [1.54, 1.807) is 18.5 Å². The first kappa shape index (κ1) is 25.8. The van der Waals surface area contributed by atoms with Crippen molar-refractivity contribution in [1.82, 2.24) is 25.0 Å². The molecule has 5 rings (SSSR count). The number of ether oxygens (including phenoxy) is 1. The van der Waals surface area contributed by atoms with Crippen molar-refractivity contribution in [3.05, 3.63) is 66.5 Å². The van der Waals surface area contributed by atoms with Crippen LogP contribution in [-0.2, 0) is 10.2 Å². The lowest BCUT2D eigenvalue weighted by molar-refractivity contribution is 0.466.